The van der Waals surface area contributed by atoms with Crippen LogP contribution in [-0.2, 0) is 14.3 Å². The van der Waals surface area contributed by atoms with Crippen LogP contribution in [-0.4, -0.2) is 39.0 Å². The van der Waals surface area contributed by atoms with Crippen LogP contribution in [0, 0.1) is 11.8 Å². The highest BCUT2D eigenvalue weighted by atomic mass is 16.5. The standard InChI is InChI=1S/C21H23N3O4/c1-24(2)14-10-8-13(9-11-14)22-19(25)16-12-17(16)20(26)23-18-7-5-4-6-15(18)21(27)28-3/h4-11,16-17H,12H2,1-3H3,(H,22,25)(H,23,26). The van der Waals surface area contributed by atoms with E-state index in [9.17, 15) is 14.4 Å². The number of hydrogen-bond acceptors (Lipinski definition) is 5. The molecule has 2 aromatic carbocycles. The highest BCUT2D eigenvalue weighted by Crippen LogP contribution is 2.40. The van der Waals surface area contributed by atoms with E-state index >= 15 is 0 Å². The van der Waals surface area contributed by atoms with Crippen LogP contribution in [0.1, 0.15) is 16.8 Å². The van der Waals surface area contributed by atoms with Crippen LogP contribution < -0.4 is 15.5 Å². The van der Waals surface area contributed by atoms with E-state index < -0.39 is 11.9 Å². The average molecular weight is 381 g/mol. The molecule has 1 fully saturated rings. The Morgan fingerprint density at radius 2 is 1.54 bits per heavy atom. The summed E-state index contributed by atoms with van der Waals surface area (Å²) < 4.78 is 4.73. The zero-order chi connectivity index (χ0) is 20.3. The van der Waals surface area contributed by atoms with Crippen molar-refractivity contribution in [3.05, 3.63) is 54.1 Å². The minimum absolute atomic E-state index is 0.181. The van der Waals surface area contributed by atoms with Gasteiger partial charge >= 0.3 is 5.97 Å². The molecule has 2 atom stereocenters. The number of hydrogen-bond donors (Lipinski definition) is 2. The van der Waals surface area contributed by atoms with Crippen molar-refractivity contribution in [2.45, 2.75) is 6.42 Å². The molecule has 0 heterocycles. The molecule has 28 heavy (non-hydrogen) atoms. The molecule has 0 saturated heterocycles. The Hall–Kier alpha value is -3.35. The normalized spacial score (nSPS) is 17.4. The number of anilines is 3. The second kappa shape index (κ2) is 8.12. The molecule has 0 aliphatic heterocycles. The van der Waals surface area contributed by atoms with Gasteiger partial charge in [-0.25, -0.2) is 4.79 Å². The molecule has 1 aliphatic rings. The van der Waals surface area contributed by atoms with Gasteiger partial charge < -0.3 is 20.3 Å². The smallest absolute Gasteiger partial charge is 0.339 e. The van der Waals surface area contributed by atoms with E-state index in [0.29, 0.717) is 17.8 Å². The predicted molar refractivity (Wildman–Crippen MR) is 107 cm³/mol. The van der Waals surface area contributed by atoms with Crippen LogP contribution in [0.25, 0.3) is 0 Å². The van der Waals surface area contributed by atoms with Crippen LogP contribution in [0.4, 0.5) is 17.1 Å². The van der Waals surface area contributed by atoms with Crippen molar-refractivity contribution in [2.24, 2.45) is 11.8 Å². The van der Waals surface area contributed by atoms with E-state index in [1.165, 1.54) is 7.11 Å². The maximum atomic E-state index is 12.5. The van der Waals surface area contributed by atoms with Gasteiger partial charge in [0.1, 0.15) is 0 Å². The molecule has 7 heteroatoms. The molecular weight excluding hydrogens is 358 g/mol. The van der Waals surface area contributed by atoms with Crippen molar-refractivity contribution in [2.75, 3.05) is 36.7 Å². The molecule has 2 N–H and O–H groups in total. The van der Waals surface area contributed by atoms with E-state index in [0.717, 1.165) is 5.69 Å². The SMILES string of the molecule is COC(=O)c1ccccc1NC(=O)C1CC1C(=O)Nc1ccc(N(C)C)cc1. The minimum Gasteiger partial charge on any atom is -0.465 e. The first-order chi connectivity index (χ1) is 13.4. The van der Waals surface area contributed by atoms with E-state index in [4.69, 9.17) is 4.74 Å². The first-order valence-electron chi connectivity index (χ1n) is 8.97. The molecule has 7 nitrogen and oxygen atoms in total. The zero-order valence-electron chi connectivity index (χ0n) is 16.1. The zero-order valence-corrected chi connectivity index (χ0v) is 16.1. The molecule has 2 aromatic rings. The predicted octanol–water partition coefficient (Wildman–Crippen LogP) is 2.75. The summed E-state index contributed by atoms with van der Waals surface area (Å²) in [5.41, 5.74) is 2.38. The number of esters is 1. The molecular formula is C21H23N3O4. The third kappa shape index (κ3) is 4.31. The van der Waals surface area contributed by atoms with Gasteiger partial charge in [-0.3, -0.25) is 9.59 Å². The lowest BCUT2D eigenvalue weighted by atomic mass is 10.1. The Labute approximate surface area is 163 Å². The Balaban J connectivity index is 1.58. The highest BCUT2D eigenvalue weighted by molar-refractivity contribution is 6.06. The van der Waals surface area contributed by atoms with Gasteiger partial charge in [0.15, 0.2) is 0 Å². The summed E-state index contributed by atoms with van der Waals surface area (Å²) in [4.78, 5) is 38.7. The number of amides is 2. The summed E-state index contributed by atoms with van der Waals surface area (Å²) in [6.07, 6.45) is 0.480. The van der Waals surface area contributed by atoms with Gasteiger partial charge in [-0.15, -0.1) is 0 Å². The quantitative estimate of drug-likeness (QED) is 0.752. The van der Waals surface area contributed by atoms with Crippen LogP contribution in [0.5, 0.6) is 0 Å². The van der Waals surface area contributed by atoms with Crippen LogP contribution in [0.3, 0.4) is 0 Å². The fourth-order valence-corrected chi connectivity index (χ4v) is 2.96. The number of nitrogens with one attached hydrogen (secondary N) is 2. The van der Waals surface area contributed by atoms with Crippen LogP contribution in [0.2, 0.25) is 0 Å². The Bertz CT molecular complexity index is 893. The summed E-state index contributed by atoms with van der Waals surface area (Å²) in [6.45, 7) is 0. The fraction of sp³-hybridized carbons (Fsp3) is 0.286. The molecule has 1 aliphatic carbocycles. The molecule has 1 saturated carbocycles. The second-order valence-corrected chi connectivity index (χ2v) is 6.91. The number of para-hydroxylation sites is 1. The van der Waals surface area contributed by atoms with Gasteiger partial charge in [0.05, 0.1) is 30.2 Å². The summed E-state index contributed by atoms with van der Waals surface area (Å²) in [7, 11) is 5.17. The first kappa shape index (κ1) is 19.4. The number of benzene rings is 2. The van der Waals surface area contributed by atoms with Gasteiger partial charge in [0, 0.05) is 25.5 Å². The minimum atomic E-state index is -0.526. The fourth-order valence-electron chi connectivity index (χ4n) is 2.96. The highest BCUT2D eigenvalue weighted by Gasteiger charge is 2.48. The van der Waals surface area contributed by atoms with Gasteiger partial charge in [0.25, 0.3) is 0 Å². The van der Waals surface area contributed by atoms with Crippen LogP contribution >= 0.6 is 0 Å². The van der Waals surface area contributed by atoms with Crippen molar-refractivity contribution in [3.63, 3.8) is 0 Å². The maximum absolute atomic E-state index is 12.5. The molecule has 0 radical (unpaired) electrons. The Morgan fingerprint density at radius 3 is 2.14 bits per heavy atom. The van der Waals surface area contributed by atoms with Gasteiger partial charge in [-0.05, 0) is 42.8 Å². The molecule has 2 unspecified atom stereocenters. The second-order valence-electron chi connectivity index (χ2n) is 6.91. The number of carbonyl (C=O) groups is 3. The van der Waals surface area contributed by atoms with Gasteiger partial charge in [-0.2, -0.15) is 0 Å². The molecule has 3 rings (SSSR count). The lowest BCUT2D eigenvalue weighted by Crippen LogP contribution is -2.21. The van der Waals surface area contributed by atoms with Gasteiger partial charge in [-0.1, -0.05) is 12.1 Å². The monoisotopic (exact) mass is 381 g/mol. The lowest BCUT2D eigenvalue weighted by molar-refractivity contribution is -0.122. The van der Waals surface area contributed by atoms with E-state index in [2.05, 4.69) is 10.6 Å². The van der Waals surface area contributed by atoms with Crippen molar-refractivity contribution >= 4 is 34.8 Å². The van der Waals surface area contributed by atoms with E-state index in [-0.39, 0.29) is 23.3 Å². The Morgan fingerprint density at radius 1 is 0.929 bits per heavy atom. The largest absolute Gasteiger partial charge is 0.465 e. The summed E-state index contributed by atoms with van der Waals surface area (Å²) >= 11 is 0. The van der Waals surface area contributed by atoms with Gasteiger partial charge in [0.2, 0.25) is 11.8 Å². The number of carbonyl (C=O) groups excluding carboxylic acids is 3. The number of methoxy groups -OCH3 is 1. The first-order valence-corrected chi connectivity index (χ1v) is 8.97. The number of rotatable bonds is 6. The van der Waals surface area contributed by atoms with Crippen molar-refractivity contribution in [3.8, 4) is 0 Å². The van der Waals surface area contributed by atoms with E-state index in [1.807, 2.05) is 43.3 Å². The van der Waals surface area contributed by atoms with Crippen molar-refractivity contribution in [1.29, 1.82) is 0 Å². The summed E-state index contributed by atoms with van der Waals surface area (Å²) in [5, 5.41) is 5.58. The maximum Gasteiger partial charge on any atom is 0.339 e. The summed E-state index contributed by atoms with van der Waals surface area (Å²) in [6, 6.07) is 14.1. The molecule has 146 valence electrons. The van der Waals surface area contributed by atoms with Crippen molar-refractivity contribution < 1.29 is 19.1 Å². The third-order valence-electron chi connectivity index (χ3n) is 4.71. The van der Waals surface area contributed by atoms with Crippen LogP contribution in [0.15, 0.2) is 48.5 Å². The average Bonchev–Trinajstić information content (AvgIpc) is 3.49. The van der Waals surface area contributed by atoms with Crippen molar-refractivity contribution in [1.82, 2.24) is 0 Å². The van der Waals surface area contributed by atoms with E-state index in [1.54, 1.807) is 24.3 Å². The lowest BCUT2D eigenvalue weighted by Gasteiger charge is -2.13. The Kier molecular flexibility index (Phi) is 5.63. The number of nitrogens with zero attached hydrogens (tertiary/aromatic N) is 1. The molecule has 0 aromatic heterocycles. The number of ether oxygens (including phenoxy) is 1. The molecule has 2 amide bonds. The third-order valence-corrected chi connectivity index (χ3v) is 4.71. The summed E-state index contributed by atoms with van der Waals surface area (Å²) in [5.74, 6) is -1.77. The topological polar surface area (TPSA) is 87.7 Å². The molecule has 0 bridgehead atoms. The molecule has 0 spiro atoms.